The van der Waals surface area contributed by atoms with Crippen molar-refractivity contribution in [3.8, 4) is 0 Å². The first-order chi connectivity index (χ1) is 13.4. The SMILES string of the molecule is COCN(C(=O)NCC(=O)OCC1CO1)C(=O)N(C=O)CC(=O)OCC1CO1. The molecule has 0 radical (unpaired) electrons. The van der Waals surface area contributed by atoms with Crippen LogP contribution in [0.3, 0.4) is 0 Å². The summed E-state index contributed by atoms with van der Waals surface area (Å²) in [4.78, 5) is 59.9. The number of nitrogens with one attached hydrogen (secondary N) is 1. The average Bonchev–Trinajstić information content (AvgIpc) is 3.58. The number of ether oxygens (including phenoxy) is 5. The van der Waals surface area contributed by atoms with Crippen molar-refractivity contribution in [3.05, 3.63) is 0 Å². The first-order valence-electron chi connectivity index (χ1n) is 8.29. The summed E-state index contributed by atoms with van der Waals surface area (Å²) in [6, 6.07) is -2.15. The summed E-state index contributed by atoms with van der Waals surface area (Å²) in [7, 11) is 1.21. The van der Waals surface area contributed by atoms with Gasteiger partial charge in [-0.1, -0.05) is 0 Å². The second kappa shape index (κ2) is 10.5. The Morgan fingerprint density at radius 3 is 2.14 bits per heavy atom. The number of nitrogens with zero attached hydrogens (tertiary/aromatic N) is 2. The maximum Gasteiger partial charge on any atom is 0.337 e. The standard InChI is InChI=1S/C15H21N3O10/c1-24-9-18(14(22)16-2-12(20)27-6-10-4-25-10)15(23)17(8-19)3-13(21)28-7-11-5-26-11/h8,10-11H,2-7,9H2,1H3,(H,16,22). The van der Waals surface area contributed by atoms with Crippen molar-refractivity contribution in [2.24, 2.45) is 0 Å². The molecule has 5 amide bonds. The zero-order chi connectivity index (χ0) is 20.5. The van der Waals surface area contributed by atoms with E-state index in [9.17, 15) is 24.0 Å². The Balaban J connectivity index is 1.82. The van der Waals surface area contributed by atoms with Gasteiger partial charge in [0, 0.05) is 7.11 Å². The molecule has 2 atom stereocenters. The summed E-state index contributed by atoms with van der Waals surface area (Å²) in [6.07, 6.45) is -0.221. The third kappa shape index (κ3) is 7.46. The van der Waals surface area contributed by atoms with E-state index in [4.69, 9.17) is 23.7 Å². The predicted octanol–water partition coefficient (Wildman–Crippen LogP) is -1.94. The van der Waals surface area contributed by atoms with Crippen molar-refractivity contribution >= 4 is 30.4 Å². The number of hydrogen-bond donors (Lipinski definition) is 1. The van der Waals surface area contributed by atoms with E-state index in [0.717, 1.165) is 0 Å². The van der Waals surface area contributed by atoms with Crippen molar-refractivity contribution < 1.29 is 47.7 Å². The van der Waals surface area contributed by atoms with Crippen LogP contribution in [0.2, 0.25) is 0 Å². The first kappa shape index (κ1) is 21.5. The smallest absolute Gasteiger partial charge is 0.337 e. The van der Waals surface area contributed by atoms with Crippen LogP contribution in [0.5, 0.6) is 0 Å². The Labute approximate surface area is 159 Å². The molecule has 0 bridgehead atoms. The Morgan fingerprint density at radius 2 is 1.64 bits per heavy atom. The van der Waals surface area contributed by atoms with Gasteiger partial charge in [0.25, 0.3) is 0 Å². The number of amides is 5. The third-order valence-corrected chi connectivity index (χ3v) is 3.46. The van der Waals surface area contributed by atoms with Crippen LogP contribution in [0, 0.1) is 0 Å². The van der Waals surface area contributed by atoms with Gasteiger partial charge < -0.3 is 29.0 Å². The monoisotopic (exact) mass is 403 g/mol. The molecule has 0 aliphatic carbocycles. The van der Waals surface area contributed by atoms with Crippen LogP contribution in [0.15, 0.2) is 0 Å². The highest BCUT2D eigenvalue weighted by Gasteiger charge is 2.30. The second-order valence-electron chi connectivity index (χ2n) is 5.80. The molecule has 0 aromatic rings. The zero-order valence-electron chi connectivity index (χ0n) is 15.2. The first-order valence-corrected chi connectivity index (χ1v) is 8.29. The van der Waals surface area contributed by atoms with E-state index in [-0.39, 0.29) is 31.8 Å². The molecular weight excluding hydrogens is 382 g/mol. The number of epoxide rings is 2. The van der Waals surface area contributed by atoms with E-state index in [0.29, 0.717) is 23.0 Å². The van der Waals surface area contributed by atoms with Crippen LogP contribution in [0.4, 0.5) is 9.59 Å². The predicted molar refractivity (Wildman–Crippen MR) is 86.7 cm³/mol. The molecule has 2 aliphatic rings. The Kier molecular flexibility index (Phi) is 8.10. The van der Waals surface area contributed by atoms with Gasteiger partial charge in [-0.25, -0.2) is 14.5 Å². The van der Waals surface area contributed by atoms with Crippen LogP contribution >= 0.6 is 0 Å². The average molecular weight is 403 g/mol. The van der Waals surface area contributed by atoms with Crippen molar-refractivity contribution in [2.45, 2.75) is 12.2 Å². The van der Waals surface area contributed by atoms with Gasteiger partial charge in [0.2, 0.25) is 6.41 Å². The molecule has 2 rings (SSSR count). The van der Waals surface area contributed by atoms with Crippen molar-refractivity contribution in [3.63, 3.8) is 0 Å². The number of rotatable bonds is 11. The molecule has 0 spiro atoms. The molecule has 28 heavy (non-hydrogen) atoms. The third-order valence-electron chi connectivity index (χ3n) is 3.46. The Bertz CT molecular complexity index is 605. The molecule has 13 heteroatoms. The number of carbonyl (C=O) groups is 5. The molecule has 13 nitrogen and oxygen atoms in total. The second-order valence-corrected chi connectivity index (χ2v) is 5.80. The van der Waals surface area contributed by atoms with E-state index in [1.54, 1.807) is 0 Å². The van der Waals surface area contributed by atoms with Crippen molar-refractivity contribution in [1.82, 2.24) is 15.1 Å². The molecule has 156 valence electrons. The van der Waals surface area contributed by atoms with Gasteiger partial charge in [-0.15, -0.1) is 0 Å². The minimum atomic E-state index is -1.13. The van der Waals surface area contributed by atoms with E-state index in [1.165, 1.54) is 7.11 Å². The van der Waals surface area contributed by atoms with Crippen LogP contribution in [-0.4, -0.2) is 106 Å². The quantitative estimate of drug-likeness (QED) is 0.178. The number of methoxy groups -OCH3 is 1. The van der Waals surface area contributed by atoms with Gasteiger partial charge in [0.05, 0.1) is 13.2 Å². The molecule has 2 unspecified atom stereocenters. The molecule has 0 saturated carbocycles. The number of hydrogen-bond acceptors (Lipinski definition) is 10. The lowest BCUT2D eigenvalue weighted by molar-refractivity contribution is -0.146. The molecule has 2 saturated heterocycles. The van der Waals surface area contributed by atoms with Gasteiger partial charge >= 0.3 is 24.0 Å². The van der Waals surface area contributed by atoms with Gasteiger partial charge in [0.15, 0.2) is 0 Å². The summed E-state index contributed by atoms with van der Waals surface area (Å²) in [5.74, 6) is -1.58. The highest BCUT2D eigenvalue weighted by atomic mass is 16.6. The van der Waals surface area contributed by atoms with Gasteiger partial charge in [-0.05, 0) is 0 Å². The van der Waals surface area contributed by atoms with Gasteiger partial charge in [-0.3, -0.25) is 19.3 Å². The van der Waals surface area contributed by atoms with Crippen LogP contribution < -0.4 is 5.32 Å². The topological polar surface area (TPSA) is 157 Å². The largest absolute Gasteiger partial charge is 0.462 e. The molecular formula is C15H21N3O10. The fourth-order valence-electron chi connectivity index (χ4n) is 1.81. The fraction of sp³-hybridized carbons (Fsp3) is 0.667. The maximum absolute atomic E-state index is 12.4. The van der Waals surface area contributed by atoms with Gasteiger partial charge in [0.1, 0.15) is 45.2 Å². The molecule has 2 heterocycles. The lowest BCUT2D eigenvalue weighted by Gasteiger charge is -2.24. The molecule has 0 aromatic heterocycles. The number of imide groups is 2. The summed E-state index contributed by atoms with van der Waals surface area (Å²) < 4.78 is 24.2. The Hall–Kier alpha value is -2.77. The van der Waals surface area contributed by atoms with Crippen LogP contribution in [0.1, 0.15) is 0 Å². The molecule has 0 aromatic carbocycles. The van der Waals surface area contributed by atoms with E-state index >= 15 is 0 Å². The van der Waals surface area contributed by atoms with Crippen LogP contribution in [0.25, 0.3) is 0 Å². The number of esters is 2. The number of urea groups is 2. The van der Waals surface area contributed by atoms with E-state index < -0.39 is 43.8 Å². The van der Waals surface area contributed by atoms with Crippen molar-refractivity contribution in [1.29, 1.82) is 0 Å². The van der Waals surface area contributed by atoms with E-state index in [1.807, 2.05) is 0 Å². The molecule has 2 aliphatic heterocycles. The summed E-state index contributed by atoms with van der Waals surface area (Å²) >= 11 is 0. The minimum absolute atomic E-state index is 0.00992. The Morgan fingerprint density at radius 1 is 1.07 bits per heavy atom. The highest BCUT2D eigenvalue weighted by molar-refractivity contribution is 5.99. The normalized spacial score (nSPS) is 19.2. The lowest BCUT2D eigenvalue weighted by Crippen LogP contribution is -2.52. The maximum atomic E-state index is 12.4. The van der Waals surface area contributed by atoms with Crippen molar-refractivity contribution in [2.75, 3.05) is 53.4 Å². The molecule has 2 fully saturated rings. The summed E-state index contributed by atoms with van der Waals surface area (Å²) in [6.45, 7) is -0.673. The zero-order valence-corrected chi connectivity index (χ0v) is 15.2. The fourth-order valence-corrected chi connectivity index (χ4v) is 1.81. The van der Waals surface area contributed by atoms with E-state index in [2.05, 4.69) is 5.32 Å². The molecule has 1 N–H and O–H groups in total. The minimum Gasteiger partial charge on any atom is -0.462 e. The van der Waals surface area contributed by atoms with Gasteiger partial charge in [-0.2, -0.15) is 0 Å². The lowest BCUT2D eigenvalue weighted by atomic mass is 10.5. The highest BCUT2D eigenvalue weighted by Crippen LogP contribution is 2.09. The number of carbonyl (C=O) groups excluding carboxylic acids is 5. The van der Waals surface area contributed by atoms with Crippen LogP contribution in [-0.2, 0) is 38.1 Å². The summed E-state index contributed by atoms with van der Waals surface area (Å²) in [5.41, 5.74) is 0. The summed E-state index contributed by atoms with van der Waals surface area (Å²) in [5, 5.41) is 2.17.